The van der Waals surface area contributed by atoms with Crippen LogP contribution < -0.4 is 5.32 Å². The number of rotatable bonds is 4. The number of amides is 2. The first kappa shape index (κ1) is 19.3. The zero-order valence-corrected chi connectivity index (χ0v) is 16.0. The Hall–Kier alpha value is -1.99. The predicted molar refractivity (Wildman–Crippen MR) is 100 cm³/mol. The Balaban J connectivity index is 1.54. The zero-order valence-electron chi connectivity index (χ0n) is 16.0. The standard InChI is InChI=1S/C21H27FN2O4/c22-16-8-6-15(7-9-16)20(26)24-18(14-28-21(24)10-2-1-3-11-21)19(25)23-13-17-5-4-12-27-17/h6-9,17-18H,1-5,10-14H2,(H,23,25). The van der Waals surface area contributed by atoms with Crippen molar-refractivity contribution >= 4 is 11.8 Å². The van der Waals surface area contributed by atoms with Crippen molar-refractivity contribution in [3.8, 4) is 0 Å². The Morgan fingerprint density at radius 2 is 1.89 bits per heavy atom. The summed E-state index contributed by atoms with van der Waals surface area (Å²) in [6.45, 7) is 1.36. The zero-order chi connectivity index (χ0) is 19.6. The molecule has 1 spiro atoms. The lowest BCUT2D eigenvalue weighted by molar-refractivity contribution is -0.127. The van der Waals surface area contributed by atoms with Gasteiger partial charge in [-0.1, -0.05) is 6.42 Å². The molecule has 2 heterocycles. The summed E-state index contributed by atoms with van der Waals surface area (Å²) in [4.78, 5) is 27.9. The van der Waals surface area contributed by atoms with Crippen LogP contribution in [0.3, 0.4) is 0 Å². The molecule has 152 valence electrons. The first-order valence-electron chi connectivity index (χ1n) is 10.2. The third-order valence-electron chi connectivity index (χ3n) is 6.04. The number of ether oxygens (including phenoxy) is 2. The van der Waals surface area contributed by atoms with E-state index in [0.29, 0.717) is 12.1 Å². The Bertz CT molecular complexity index is 712. The van der Waals surface area contributed by atoms with Crippen LogP contribution in [0.1, 0.15) is 55.3 Å². The van der Waals surface area contributed by atoms with Gasteiger partial charge in [-0.3, -0.25) is 14.5 Å². The smallest absolute Gasteiger partial charge is 0.256 e. The topological polar surface area (TPSA) is 67.9 Å². The highest BCUT2D eigenvalue weighted by atomic mass is 19.1. The van der Waals surface area contributed by atoms with Gasteiger partial charge in [0.2, 0.25) is 5.91 Å². The molecule has 0 radical (unpaired) electrons. The van der Waals surface area contributed by atoms with Gasteiger partial charge in [0.05, 0.1) is 12.7 Å². The number of nitrogens with one attached hydrogen (secondary N) is 1. The minimum absolute atomic E-state index is 0.0381. The van der Waals surface area contributed by atoms with Crippen molar-refractivity contribution in [2.75, 3.05) is 19.8 Å². The predicted octanol–water partition coefficient (Wildman–Crippen LogP) is 2.62. The van der Waals surface area contributed by atoms with Crippen molar-refractivity contribution in [2.45, 2.75) is 62.8 Å². The van der Waals surface area contributed by atoms with Gasteiger partial charge in [0.25, 0.3) is 5.91 Å². The summed E-state index contributed by atoms with van der Waals surface area (Å²) in [5.74, 6) is -0.891. The Kier molecular flexibility index (Phi) is 5.64. The summed E-state index contributed by atoms with van der Waals surface area (Å²) >= 11 is 0. The van der Waals surface area contributed by atoms with Crippen LogP contribution >= 0.6 is 0 Å². The van der Waals surface area contributed by atoms with E-state index in [4.69, 9.17) is 9.47 Å². The minimum atomic E-state index is -0.740. The molecular weight excluding hydrogens is 363 g/mol. The van der Waals surface area contributed by atoms with Gasteiger partial charge in [-0.05, 0) is 62.8 Å². The molecule has 28 heavy (non-hydrogen) atoms. The monoisotopic (exact) mass is 390 g/mol. The van der Waals surface area contributed by atoms with Gasteiger partial charge < -0.3 is 14.8 Å². The number of benzene rings is 1. The van der Waals surface area contributed by atoms with Crippen molar-refractivity contribution in [3.63, 3.8) is 0 Å². The molecule has 1 aliphatic carbocycles. The quantitative estimate of drug-likeness (QED) is 0.858. The van der Waals surface area contributed by atoms with Crippen molar-refractivity contribution in [1.29, 1.82) is 0 Å². The van der Waals surface area contributed by atoms with E-state index in [-0.39, 0.29) is 24.5 Å². The van der Waals surface area contributed by atoms with Gasteiger partial charge in [0.15, 0.2) is 0 Å². The van der Waals surface area contributed by atoms with Crippen molar-refractivity contribution < 1.29 is 23.5 Å². The third kappa shape index (κ3) is 3.78. The number of carbonyl (C=O) groups is 2. The fraction of sp³-hybridized carbons (Fsp3) is 0.619. The maximum Gasteiger partial charge on any atom is 0.256 e. The summed E-state index contributed by atoms with van der Waals surface area (Å²) in [5, 5.41) is 2.94. The summed E-state index contributed by atoms with van der Waals surface area (Å²) in [5.41, 5.74) is -0.371. The maximum absolute atomic E-state index is 13.3. The summed E-state index contributed by atoms with van der Waals surface area (Å²) in [6.07, 6.45) is 6.42. The van der Waals surface area contributed by atoms with E-state index in [2.05, 4.69) is 5.32 Å². The first-order chi connectivity index (χ1) is 13.6. The molecular formula is C21H27FN2O4. The SMILES string of the molecule is O=C(NCC1CCCO1)C1COC2(CCCCC2)N1C(=O)c1ccc(F)cc1. The second-order valence-corrected chi connectivity index (χ2v) is 7.90. The lowest BCUT2D eigenvalue weighted by atomic mass is 9.89. The van der Waals surface area contributed by atoms with Gasteiger partial charge >= 0.3 is 0 Å². The average molecular weight is 390 g/mol. The van der Waals surface area contributed by atoms with E-state index in [1.165, 1.54) is 24.3 Å². The van der Waals surface area contributed by atoms with Crippen LogP contribution in [0.2, 0.25) is 0 Å². The lowest BCUT2D eigenvalue weighted by Gasteiger charge is -2.41. The van der Waals surface area contributed by atoms with E-state index >= 15 is 0 Å². The molecule has 2 atom stereocenters. The summed E-state index contributed by atoms with van der Waals surface area (Å²) in [7, 11) is 0. The molecule has 7 heteroatoms. The number of nitrogens with zero attached hydrogens (tertiary/aromatic N) is 1. The molecule has 1 aromatic carbocycles. The Morgan fingerprint density at radius 1 is 1.14 bits per heavy atom. The number of hydrogen-bond donors (Lipinski definition) is 1. The van der Waals surface area contributed by atoms with E-state index in [1.54, 1.807) is 4.90 Å². The van der Waals surface area contributed by atoms with Gasteiger partial charge in [-0.25, -0.2) is 4.39 Å². The van der Waals surface area contributed by atoms with Gasteiger partial charge in [-0.15, -0.1) is 0 Å². The fourth-order valence-electron chi connectivity index (χ4n) is 4.54. The molecule has 0 bridgehead atoms. The molecule has 2 aliphatic heterocycles. The van der Waals surface area contributed by atoms with Crippen molar-refractivity contribution in [2.24, 2.45) is 0 Å². The summed E-state index contributed by atoms with van der Waals surface area (Å²) in [6, 6.07) is 4.79. The van der Waals surface area contributed by atoms with Gasteiger partial charge in [0, 0.05) is 18.7 Å². The molecule has 6 nitrogen and oxygen atoms in total. The van der Waals surface area contributed by atoms with Gasteiger partial charge in [-0.2, -0.15) is 0 Å². The van der Waals surface area contributed by atoms with Crippen LogP contribution in [0.4, 0.5) is 4.39 Å². The number of halogens is 1. The van der Waals surface area contributed by atoms with E-state index in [0.717, 1.165) is 51.6 Å². The van der Waals surface area contributed by atoms with Crippen LogP contribution in [0, 0.1) is 5.82 Å². The Morgan fingerprint density at radius 3 is 2.57 bits per heavy atom. The molecule has 0 aromatic heterocycles. The molecule has 1 N–H and O–H groups in total. The molecule has 1 saturated carbocycles. The van der Waals surface area contributed by atoms with Crippen LogP contribution in [-0.4, -0.2) is 54.3 Å². The van der Waals surface area contributed by atoms with Crippen molar-refractivity contribution in [1.82, 2.24) is 10.2 Å². The molecule has 3 aliphatic rings. The highest BCUT2D eigenvalue weighted by Gasteiger charge is 2.52. The van der Waals surface area contributed by atoms with E-state index in [9.17, 15) is 14.0 Å². The largest absolute Gasteiger partial charge is 0.376 e. The molecule has 2 saturated heterocycles. The number of carbonyl (C=O) groups excluding carboxylic acids is 2. The molecule has 4 rings (SSSR count). The van der Waals surface area contributed by atoms with Crippen molar-refractivity contribution in [3.05, 3.63) is 35.6 Å². The number of hydrogen-bond acceptors (Lipinski definition) is 4. The molecule has 1 aromatic rings. The highest BCUT2D eigenvalue weighted by Crippen LogP contribution is 2.41. The average Bonchev–Trinajstić information content (AvgIpc) is 3.35. The van der Waals surface area contributed by atoms with E-state index in [1.807, 2.05) is 0 Å². The molecule has 2 unspecified atom stereocenters. The van der Waals surface area contributed by atoms with E-state index < -0.39 is 17.6 Å². The second kappa shape index (κ2) is 8.17. The highest BCUT2D eigenvalue weighted by molar-refractivity contribution is 5.98. The first-order valence-corrected chi connectivity index (χ1v) is 10.2. The molecule has 2 amide bonds. The summed E-state index contributed by atoms with van der Waals surface area (Å²) < 4.78 is 25.0. The minimum Gasteiger partial charge on any atom is -0.376 e. The lowest BCUT2D eigenvalue weighted by Crippen LogP contribution is -2.56. The third-order valence-corrected chi connectivity index (χ3v) is 6.04. The fourth-order valence-corrected chi connectivity index (χ4v) is 4.54. The Labute approximate surface area is 164 Å². The maximum atomic E-state index is 13.3. The van der Waals surface area contributed by atoms with Gasteiger partial charge in [0.1, 0.15) is 17.6 Å². The normalized spacial score (nSPS) is 26.5. The van der Waals surface area contributed by atoms with Crippen LogP contribution in [0.25, 0.3) is 0 Å². The second-order valence-electron chi connectivity index (χ2n) is 7.90. The van der Waals surface area contributed by atoms with Crippen LogP contribution in [0.5, 0.6) is 0 Å². The van der Waals surface area contributed by atoms with Crippen LogP contribution in [-0.2, 0) is 14.3 Å². The van der Waals surface area contributed by atoms with Crippen LogP contribution in [0.15, 0.2) is 24.3 Å². The molecule has 3 fully saturated rings.